The summed E-state index contributed by atoms with van der Waals surface area (Å²) in [5.74, 6) is 0. The van der Waals surface area contributed by atoms with Crippen LogP contribution >= 0.6 is 11.3 Å². The zero-order chi connectivity index (χ0) is 32.3. The van der Waals surface area contributed by atoms with E-state index in [9.17, 15) is 0 Å². The highest BCUT2D eigenvalue weighted by Gasteiger charge is 2.22. The summed E-state index contributed by atoms with van der Waals surface area (Å²) in [5.41, 5.74) is 9.39. The number of hydrogen-bond donors (Lipinski definition) is 0. The molecule has 0 fully saturated rings. The summed E-state index contributed by atoms with van der Waals surface area (Å²) in [4.78, 5) is 2.45. The standard InChI is InChI=1S/C46H30N2S/c1-2-12-31(13-3-1)33-22-25-35(26-23-33)47(36-27-24-32-14-4-5-15-34(32)28-36)44-30-37(29-41-40-18-8-11-21-45(40)49-46(41)44)48-42-19-9-6-16-38(42)39-17-7-10-20-43(39)48/h1-30H. The summed E-state index contributed by atoms with van der Waals surface area (Å²) in [5, 5.41) is 7.52. The summed E-state index contributed by atoms with van der Waals surface area (Å²) < 4.78 is 5.00. The smallest absolute Gasteiger partial charge is 0.0661 e. The quantitative estimate of drug-likeness (QED) is 0.181. The second kappa shape index (κ2) is 11.2. The molecule has 8 aromatic carbocycles. The molecule has 0 radical (unpaired) electrons. The lowest BCUT2D eigenvalue weighted by Crippen LogP contribution is -2.11. The molecule has 10 aromatic rings. The first-order valence-corrected chi connectivity index (χ1v) is 17.5. The SMILES string of the molecule is c1ccc(-c2ccc(N(c3ccc4ccccc4c3)c3cc(-n4c5ccccc5c5ccccc54)cc4c3sc3ccccc34)cc2)cc1. The molecule has 2 nitrogen and oxygen atoms in total. The van der Waals surface area contributed by atoms with Crippen molar-refractivity contribution >= 4 is 81.1 Å². The first-order valence-electron chi connectivity index (χ1n) is 16.7. The average Bonchev–Trinajstić information content (AvgIpc) is 3.72. The normalized spacial score (nSPS) is 11.7. The van der Waals surface area contributed by atoms with Crippen LogP contribution in [0.3, 0.4) is 0 Å². The molecule has 0 aliphatic carbocycles. The van der Waals surface area contributed by atoms with Crippen LogP contribution in [0.15, 0.2) is 182 Å². The third-order valence-electron chi connectivity index (χ3n) is 9.75. The van der Waals surface area contributed by atoms with Gasteiger partial charge in [-0.05, 0) is 76.5 Å². The minimum Gasteiger partial charge on any atom is -0.309 e. The lowest BCUT2D eigenvalue weighted by Gasteiger charge is -2.27. The Hall–Kier alpha value is -6.16. The van der Waals surface area contributed by atoms with E-state index in [2.05, 4.69) is 191 Å². The Labute approximate surface area is 288 Å². The Morgan fingerprint density at radius 2 is 1.00 bits per heavy atom. The van der Waals surface area contributed by atoms with Gasteiger partial charge in [0.2, 0.25) is 0 Å². The summed E-state index contributed by atoms with van der Waals surface area (Å²) >= 11 is 1.87. The highest BCUT2D eigenvalue weighted by atomic mass is 32.1. The molecule has 0 amide bonds. The lowest BCUT2D eigenvalue weighted by molar-refractivity contribution is 1.18. The third kappa shape index (κ3) is 4.55. The molecule has 0 aliphatic heterocycles. The molecule has 230 valence electrons. The monoisotopic (exact) mass is 642 g/mol. The van der Waals surface area contributed by atoms with E-state index < -0.39 is 0 Å². The van der Waals surface area contributed by atoms with Gasteiger partial charge < -0.3 is 9.47 Å². The van der Waals surface area contributed by atoms with Crippen LogP contribution in [0.4, 0.5) is 17.1 Å². The molecule has 49 heavy (non-hydrogen) atoms. The largest absolute Gasteiger partial charge is 0.309 e. The second-order valence-corrected chi connectivity index (χ2v) is 13.6. The number of nitrogens with zero attached hydrogens (tertiary/aromatic N) is 2. The van der Waals surface area contributed by atoms with E-state index in [0.29, 0.717) is 0 Å². The van der Waals surface area contributed by atoms with Crippen molar-refractivity contribution in [3.8, 4) is 16.8 Å². The van der Waals surface area contributed by atoms with Crippen molar-refractivity contribution < 1.29 is 0 Å². The van der Waals surface area contributed by atoms with Gasteiger partial charge in [-0.25, -0.2) is 0 Å². The van der Waals surface area contributed by atoms with Gasteiger partial charge in [-0.3, -0.25) is 0 Å². The minimum atomic E-state index is 1.12. The maximum Gasteiger partial charge on any atom is 0.0661 e. The highest BCUT2D eigenvalue weighted by molar-refractivity contribution is 7.26. The summed E-state index contributed by atoms with van der Waals surface area (Å²) in [6.45, 7) is 0. The van der Waals surface area contributed by atoms with E-state index in [1.807, 2.05) is 11.3 Å². The number of fused-ring (bicyclic) bond motifs is 7. The van der Waals surface area contributed by atoms with Crippen LogP contribution in [0.5, 0.6) is 0 Å². The summed E-state index contributed by atoms with van der Waals surface area (Å²) in [7, 11) is 0. The van der Waals surface area contributed by atoms with Gasteiger partial charge in [0.25, 0.3) is 0 Å². The Morgan fingerprint density at radius 3 is 1.76 bits per heavy atom. The van der Waals surface area contributed by atoms with Crippen LogP contribution in [0.1, 0.15) is 0 Å². The van der Waals surface area contributed by atoms with E-state index in [0.717, 1.165) is 17.1 Å². The molecule has 0 spiro atoms. The topological polar surface area (TPSA) is 8.17 Å². The van der Waals surface area contributed by atoms with Gasteiger partial charge in [-0.2, -0.15) is 0 Å². The fourth-order valence-electron chi connectivity index (χ4n) is 7.47. The zero-order valence-corrected chi connectivity index (χ0v) is 27.4. The van der Waals surface area contributed by atoms with Gasteiger partial charge >= 0.3 is 0 Å². The number of thiophene rings is 1. The van der Waals surface area contributed by atoms with Crippen LogP contribution in [-0.4, -0.2) is 4.57 Å². The molecule has 3 heteroatoms. The molecule has 0 saturated carbocycles. The predicted octanol–water partition coefficient (Wildman–Crippen LogP) is 13.4. The van der Waals surface area contributed by atoms with Gasteiger partial charge in [-0.1, -0.05) is 127 Å². The highest BCUT2D eigenvalue weighted by Crippen LogP contribution is 2.47. The van der Waals surface area contributed by atoms with Crippen molar-refractivity contribution in [2.75, 3.05) is 4.90 Å². The first-order chi connectivity index (χ1) is 24.3. The van der Waals surface area contributed by atoms with Gasteiger partial charge in [0, 0.05) is 43.3 Å². The predicted molar refractivity (Wildman–Crippen MR) is 211 cm³/mol. The van der Waals surface area contributed by atoms with Crippen LogP contribution in [-0.2, 0) is 0 Å². The van der Waals surface area contributed by atoms with Crippen molar-refractivity contribution in [2.24, 2.45) is 0 Å². The molecule has 0 unspecified atom stereocenters. The van der Waals surface area contributed by atoms with Gasteiger partial charge in [0.15, 0.2) is 0 Å². The minimum absolute atomic E-state index is 1.12. The molecular formula is C46H30N2S. The Balaban J connectivity index is 1.29. The lowest BCUT2D eigenvalue weighted by atomic mass is 10.0. The number of benzene rings is 8. The fraction of sp³-hybridized carbons (Fsp3) is 0. The van der Waals surface area contributed by atoms with E-state index >= 15 is 0 Å². The van der Waals surface area contributed by atoms with E-state index in [-0.39, 0.29) is 0 Å². The van der Waals surface area contributed by atoms with E-state index in [1.54, 1.807) is 0 Å². The van der Waals surface area contributed by atoms with Crippen LogP contribution in [0.2, 0.25) is 0 Å². The maximum atomic E-state index is 2.45. The van der Waals surface area contributed by atoms with Gasteiger partial charge in [0.1, 0.15) is 0 Å². The molecule has 10 rings (SSSR count). The van der Waals surface area contributed by atoms with E-state index in [4.69, 9.17) is 0 Å². The number of hydrogen-bond acceptors (Lipinski definition) is 2. The van der Waals surface area contributed by atoms with Crippen molar-refractivity contribution in [3.05, 3.63) is 182 Å². The number of anilines is 3. The molecule has 2 aromatic heterocycles. The molecule has 2 heterocycles. The third-order valence-corrected chi connectivity index (χ3v) is 11.0. The van der Waals surface area contributed by atoms with Crippen LogP contribution < -0.4 is 4.90 Å². The fourth-order valence-corrected chi connectivity index (χ4v) is 8.65. The molecule has 0 aliphatic rings. The number of aromatic nitrogens is 1. The van der Waals surface area contributed by atoms with Crippen LogP contribution in [0.25, 0.3) is 69.6 Å². The van der Waals surface area contributed by atoms with Crippen molar-refractivity contribution in [3.63, 3.8) is 0 Å². The van der Waals surface area contributed by atoms with Gasteiger partial charge in [0.05, 0.1) is 21.4 Å². The maximum absolute atomic E-state index is 2.45. The van der Waals surface area contributed by atoms with E-state index in [1.165, 1.54) is 69.6 Å². The Bertz CT molecular complexity index is 2770. The molecule has 0 N–H and O–H groups in total. The second-order valence-electron chi connectivity index (χ2n) is 12.6. The van der Waals surface area contributed by atoms with Crippen LogP contribution in [0, 0.1) is 0 Å². The average molecular weight is 643 g/mol. The molecule has 0 bridgehead atoms. The summed E-state index contributed by atoms with van der Waals surface area (Å²) in [6, 6.07) is 66.3. The van der Waals surface area contributed by atoms with Gasteiger partial charge in [-0.15, -0.1) is 11.3 Å². The Kier molecular flexibility index (Phi) is 6.39. The van der Waals surface area contributed by atoms with Crippen molar-refractivity contribution in [1.29, 1.82) is 0 Å². The molecule has 0 saturated heterocycles. The Morgan fingerprint density at radius 1 is 0.408 bits per heavy atom. The first kappa shape index (κ1) is 27.9. The number of rotatable bonds is 5. The molecule has 0 atom stereocenters. The van der Waals surface area contributed by atoms with Crippen molar-refractivity contribution in [1.82, 2.24) is 4.57 Å². The molecular weight excluding hydrogens is 613 g/mol. The zero-order valence-electron chi connectivity index (χ0n) is 26.6. The summed E-state index contributed by atoms with van der Waals surface area (Å²) in [6.07, 6.45) is 0. The number of para-hydroxylation sites is 2. The van der Waals surface area contributed by atoms with Crippen molar-refractivity contribution in [2.45, 2.75) is 0 Å².